The molecule has 2 atom stereocenters. The number of likely N-dealkylation sites (tertiary alicyclic amines) is 1. The van der Waals surface area contributed by atoms with E-state index < -0.39 is 0 Å². The Morgan fingerprint density at radius 2 is 2.29 bits per heavy atom. The van der Waals surface area contributed by atoms with E-state index in [1.54, 1.807) is 5.57 Å². The molecule has 1 saturated heterocycles. The third kappa shape index (κ3) is 4.20. The highest BCUT2D eigenvalue weighted by Gasteiger charge is 2.39. The maximum atomic E-state index is 4.23. The molecule has 0 aromatic carbocycles. The van der Waals surface area contributed by atoms with Gasteiger partial charge in [0.25, 0.3) is 0 Å². The fourth-order valence-electron chi connectivity index (χ4n) is 3.85. The van der Waals surface area contributed by atoms with Crippen molar-refractivity contribution < 1.29 is 0 Å². The maximum Gasteiger partial charge on any atom is 0.00726 e. The van der Waals surface area contributed by atoms with E-state index in [2.05, 4.69) is 55.8 Å². The molecule has 0 radical (unpaired) electrons. The van der Waals surface area contributed by atoms with Gasteiger partial charge in [0, 0.05) is 18.5 Å². The molecule has 2 rings (SSSR count). The SMILES string of the molecule is C=C(/C=C\C=C/C)CC[C@]12CC[C@H](C)C=C1CCN(C)C2. The van der Waals surface area contributed by atoms with Crippen LogP contribution in [-0.4, -0.2) is 25.0 Å². The quantitative estimate of drug-likeness (QED) is 0.500. The number of piperidine rings is 1. The lowest BCUT2D eigenvalue weighted by atomic mass is 9.64. The summed E-state index contributed by atoms with van der Waals surface area (Å²) in [5.41, 5.74) is 3.43. The van der Waals surface area contributed by atoms with E-state index >= 15 is 0 Å². The number of allylic oxidation sites excluding steroid dienone is 6. The summed E-state index contributed by atoms with van der Waals surface area (Å²) in [4.78, 5) is 2.52. The lowest BCUT2D eigenvalue weighted by Gasteiger charge is -2.47. The summed E-state index contributed by atoms with van der Waals surface area (Å²) in [7, 11) is 2.28. The molecule has 0 aromatic rings. The van der Waals surface area contributed by atoms with Crippen LogP contribution in [0.1, 0.15) is 46.0 Å². The Hall–Kier alpha value is -1.08. The Morgan fingerprint density at radius 1 is 1.48 bits per heavy atom. The Kier molecular flexibility index (Phi) is 5.64. The van der Waals surface area contributed by atoms with Crippen molar-refractivity contribution in [2.24, 2.45) is 11.3 Å². The topological polar surface area (TPSA) is 3.24 Å². The standard InChI is InChI=1S/C20H31N/c1-5-6-7-8-17(2)9-12-20-13-10-18(3)15-19(20)11-14-21(4)16-20/h5-8,15,18H,2,9-14,16H2,1,3-4H3/b6-5-,8-7-/t18-,20+/m0/s1. The molecule has 0 aromatic heterocycles. The smallest absolute Gasteiger partial charge is 0.00726 e. The molecule has 21 heavy (non-hydrogen) atoms. The molecular formula is C20H31N. The van der Waals surface area contributed by atoms with Crippen molar-refractivity contribution in [2.75, 3.05) is 20.1 Å². The lowest BCUT2D eigenvalue weighted by Crippen LogP contribution is -2.44. The first-order valence-electron chi connectivity index (χ1n) is 8.42. The van der Waals surface area contributed by atoms with Gasteiger partial charge in [-0.25, -0.2) is 0 Å². The van der Waals surface area contributed by atoms with Gasteiger partial charge in [-0.2, -0.15) is 0 Å². The summed E-state index contributed by atoms with van der Waals surface area (Å²) in [6.45, 7) is 11.1. The number of fused-ring (bicyclic) bond motifs is 1. The summed E-state index contributed by atoms with van der Waals surface area (Å²) in [5, 5.41) is 0. The van der Waals surface area contributed by atoms with Crippen molar-refractivity contribution in [3.05, 3.63) is 48.1 Å². The van der Waals surface area contributed by atoms with Crippen molar-refractivity contribution in [1.82, 2.24) is 4.90 Å². The van der Waals surface area contributed by atoms with Gasteiger partial charge < -0.3 is 4.90 Å². The predicted molar refractivity (Wildman–Crippen MR) is 93.4 cm³/mol. The van der Waals surface area contributed by atoms with Gasteiger partial charge in [-0.3, -0.25) is 0 Å². The van der Waals surface area contributed by atoms with E-state index in [0.29, 0.717) is 5.41 Å². The Bertz CT molecular complexity index is 454. The van der Waals surface area contributed by atoms with E-state index in [1.807, 2.05) is 6.92 Å². The first-order chi connectivity index (χ1) is 10.1. The van der Waals surface area contributed by atoms with E-state index in [9.17, 15) is 0 Å². The largest absolute Gasteiger partial charge is 0.305 e. The summed E-state index contributed by atoms with van der Waals surface area (Å²) in [6, 6.07) is 0. The van der Waals surface area contributed by atoms with Gasteiger partial charge in [-0.15, -0.1) is 0 Å². The van der Waals surface area contributed by atoms with Crippen LogP contribution in [0, 0.1) is 11.3 Å². The molecular weight excluding hydrogens is 254 g/mol. The second-order valence-corrected chi connectivity index (χ2v) is 7.02. The zero-order valence-electron chi connectivity index (χ0n) is 14.1. The predicted octanol–water partition coefficient (Wildman–Crippen LogP) is 5.13. The third-order valence-corrected chi connectivity index (χ3v) is 5.14. The minimum absolute atomic E-state index is 0.427. The molecule has 0 N–H and O–H groups in total. The van der Waals surface area contributed by atoms with Gasteiger partial charge in [0.05, 0.1) is 0 Å². The van der Waals surface area contributed by atoms with E-state index in [1.165, 1.54) is 44.3 Å². The third-order valence-electron chi connectivity index (χ3n) is 5.14. The van der Waals surface area contributed by atoms with E-state index in [-0.39, 0.29) is 0 Å². The Balaban J connectivity index is 2.04. The van der Waals surface area contributed by atoms with Crippen molar-refractivity contribution in [2.45, 2.75) is 46.0 Å². The highest BCUT2D eigenvalue weighted by molar-refractivity contribution is 5.25. The molecule has 0 bridgehead atoms. The minimum Gasteiger partial charge on any atom is -0.305 e. The molecule has 0 spiro atoms. The average molecular weight is 285 g/mol. The molecule has 1 nitrogen and oxygen atoms in total. The van der Waals surface area contributed by atoms with Crippen LogP contribution in [0.2, 0.25) is 0 Å². The van der Waals surface area contributed by atoms with Crippen molar-refractivity contribution in [3.8, 4) is 0 Å². The normalized spacial score (nSPS) is 30.6. The lowest BCUT2D eigenvalue weighted by molar-refractivity contribution is 0.131. The van der Waals surface area contributed by atoms with Crippen molar-refractivity contribution in [1.29, 1.82) is 0 Å². The van der Waals surface area contributed by atoms with Gasteiger partial charge >= 0.3 is 0 Å². The summed E-state index contributed by atoms with van der Waals surface area (Å²) < 4.78 is 0. The molecule has 0 saturated carbocycles. The van der Waals surface area contributed by atoms with Gasteiger partial charge in [0.1, 0.15) is 0 Å². The highest BCUT2D eigenvalue weighted by atomic mass is 15.1. The van der Waals surface area contributed by atoms with Crippen LogP contribution in [0.4, 0.5) is 0 Å². The first-order valence-corrected chi connectivity index (χ1v) is 8.42. The minimum atomic E-state index is 0.427. The molecule has 1 aliphatic heterocycles. The first kappa shape index (κ1) is 16.3. The van der Waals surface area contributed by atoms with Gasteiger partial charge in [-0.05, 0) is 52.0 Å². The van der Waals surface area contributed by atoms with Crippen LogP contribution in [0.15, 0.2) is 48.1 Å². The summed E-state index contributed by atoms with van der Waals surface area (Å²) in [5.74, 6) is 0.773. The molecule has 0 unspecified atom stereocenters. The van der Waals surface area contributed by atoms with Gasteiger partial charge in [0.2, 0.25) is 0 Å². The molecule has 1 fully saturated rings. The second-order valence-electron chi connectivity index (χ2n) is 7.02. The monoisotopic (exact) mass is 285 g/mol. The van der Waals surface area contributed by atoms with E-state index in [0.717, 1.165) is 12.3 Å². The molecule has 1 heterocycles. The number of nitrogens with zero attached hydrogens (tertiary/aromatic N) is 1. The number of hydrogen-bond donors (Lipinski definition) is 0. The molecule has 116 valence electrons. The van der Waals surface area contributed by atoms with Crippen LogP contribution in [0.25, 0.3) is 0 Å². The zero-order valence-corrected chi connectivity index (χ0v) is 14.1. The molecule has 1 aliphatic carbocycles. The van der Waals surface area contributed by atoms with Crippen LogP contribution in [-0.2, 0) is 0 Å². The molecule has 0 amide bonds. The maximum absolute atomic E-state index is 4.23. The van der Waals surface area contributed by atoms with Gasteiger partial charge in [-0.1, -0.05) is 55.0 Å². The van der Waals surface area contributed by atoms with Crippen molar-refractivity contribution >= 4 is 0 Å². The molecule has 1 heteroatoms. The fraction of sp³-hybridized carbons (Fsp3) is 0.600. The zero-order chi connectivity index (χ0) is 15.3. The Morgan fingerprint density at radius 3 is 3.05 bits per heavy atom. The second kappa shape index (κ2) is 7.26. The van der Waals surface area contributed by atoms with Crippen molar-refractivity contribution in [3.63, 3.8) is 0 Å². The summed E-state index contributed by atoms with van der Waals surface area (Å²) in [6.07, 6.45) is 17.3. The highest BCUT2D eigenvalue weighted by Crippen LogP contribution is 2.47. The van der Waals surface area contributed by atoms with E-state index in [4.69, 9.17) is 0 Å². The average Bonchev–Trinajstić information content (AvgIpc) is 2.46. The van der Waals surface area contributed by atoms with Crippen LogP contribution >= 0.6 is 0 Å². The number of hydrogen-bond acceptors (Lipinski definition) is 1. The van der Waals surface area contributed by atoms with Crippen LogP contribution in [0.3, 0.4) is 0 Å². The Labute approximate surface area is 131 Å². The summed E-state index contributed by atoms with van der Waals surface area (Å²) >= 11 is 0. The fourth-order valence-corrected chi connectivity index (χ4v) is 3.85. The number of rotatable bonds is 5. The van der Waals surface area contributed by atoms with Crippen LogP contribution in [0.5, 0.6) is 0 Å². The van der Waals surface area contributed by atoms with Crippen LogP contribution < -0.4 is 0 Å². The van der Waals surface area contributed by atoms with Gasteiger partial charge in [0.15, 0.2) is 0 Å². The molecule has 2 aliphatic rings.